The standard InChI is InChI=1S/C14H17N3O2/c1-17-12(4-5-15)11(9-16-17)10-2-3-13-14(8-10)19-7-6-18-13/h2-3,8-9H,4-7,15H2,1H3. The van der Waals surface area contributed by atoms with Crippen LogP contribution < -0.4 is 15.2 Å². The second-order valence-corrected chi connectivity index (χ2v) is 4.53. The molecule has 2 aromatic rings. The topological polar surface area (TPSA) is 62.3 Å². The maximum absolute atomic E-state index is 5.66. The van der Waals surface area contributed by atoms with Crippen LogP contribution in [0.2, 0.25) is 0 Å². The van der Waals surface area contributed by atoms with Crippen molar-refractivity contribution in [2.24, 2.45) is 12.8 Å². The van der Waals surface area contributed by atoms with Crippen LogP contribution in [0, 0.1) is 0 Å². The molecule has 1 aliphatic heterocycles. The van der Waals surface area contributed by atoms with Crippen molar-refractivity contribution < 1.29 is 9.47 Å². The first kappa shape index (κ1) is 12.0. The van der Waals surface area contributed by atoms with Crippen LogP contribution in [-0.4, -0.2) is 29.5 Å². The number of hydrogen-bond acceptors (Lipinski definition) is 4. The summed E-state index contributed by atoms with van der Waals surface area (Å²) in [6.45, 7) is 1.81. The first-order chi connectivity index (χ1) is 9.29. The highest BCUT2D eigenvalue weighted by Crippen LogP contribution is 2.35. The minimum absolute atomic E-state index is 0.596. The Bertz CT molecular complexity index is 592. The molecule has 0 saturated carbocycles. The lowest BCUT2D eigenvalue weighted by molar-refractivity contribution is 0.171. The van der Waals surface area contributed by atoms with Gasteiger partial charge in [0.2, 0.25) is 0 Å². The molecular weight excluding hydrogens is 242 g/mol. The molecule has 100 valence electrons. The van der Waals surface area contributed by atoms with E-state index >= 15 is 0 Å². The van der Waals surface area contributed by atoms with Crippen LogP contribution in [0.3, 0.4) is 0 Å². The van der Waals surface area contributed by atoms with Crippen molar-refractivity contribution in [2.75, 3.05) is 19.8 Å². The molecule has 0 atom stereocenters. The Hall–Kier alpha value is -2.01. The van der Waals surface area contributed by atoms with Crippen LogP contribution in [-0.2, 0) is 13.5 Å². The molecule has 0 fully saturated rings. The maximum atomic E-state index is 5.66. The number of nitrogens with zero attached hydrogens (tertiary/aromatic N) is 2. The largest absolute Gasteiger partial charge is 0.486 e. The number of nitrogens with two attached hydrogens (primary N) is 1. The summed E-state index contributed by atoms with van der Waals surface area (Å²) in [4.78, 5) is 0. The summed E-state index contributed by atoms with van der Waals surface area (Å²) >= 11 is 0. The number of ether oxygens (including phenoxy) is 2. The third-order valence-electron chi connectivity index (χ3n) is 3.30. The van der Waals surface area contributed by atoms with Crippen molar-refractivity contribution in [1.82, 2.24) is 9.78 Å². The zero-order valence-electron chi connectivity index (χ0n) is 10.9. The number of aromatic nitrogens is 2. The summed E-state index contributed by atoms with van der Waals surface area (Å²) in [7, 11) is 1.94. The molecule has 3 rings (SSSR count). The Morgan fingerprint density at radius 3 is 2.84 bits per heavy atom. The van der Waals surface area contributed by atoms with Gasteiger partial charge >= 0.3 is 0 Å². The van der Waals surface area contributed by atoms with Gasteiger partial charge in [-0.3, -0.25) is 4.68 Å². The second-order valence-electron chi connectivity index (χ2n) is 4.53. The highest BCUT2D eigenvalue weighted by Gasteiger charge is 2.15. The molecular formula is C14H17N3O2. The first-order valence-electron chi connectivity index (χ1n) is 6.40. The van der Waals surface area contributed by atoms with E-state index in [1.54, 1.807) is 0 Å². The number of rotatable bonds is 3. The molecule has 0 spiro atoms. The Morgan fingerprint density at radius 2 is 2.05 bits per heavy atom. The number of hydrogen-bond donors (Lipinski definition) is 1. The highest BCUT2D eigenvalue weighted by molar-refractivity contribution is 5.69. The van der Waals surface area contributed by atoms with E-state index in [4.69, 9.17) is 15.2 Å². The van der Waals surface area contributed by atoms with Crippen LogP contribution in [0.1, 0.15) is 5.69 Å². The highest BCUT2D eigenvalue weighted by atomic mass is 16.6. The van der Waals surface area contributed by atoms with E-state index < -0.39 is 0 Å². The molecule has 5 nitrogen and oxygen atoms in total. The van der Waals surface area contributed by atoms with Crippen LogP contribution in [0.25, 0.3) is 11.1 Å². The number of benzene rings is 1. The van der Waals surface area contributed by atoms with Gasteiger partial charge in [0, 0.05) is 24.7 Å². The van der Waals surface area contributed by atoms with Gasteiger partial charge in [0.05, 0.1) is 6.20 Å². The van der Waals surface area contributed by atoms with Crippen LogP contribution in [0.4, 0.5) is 0 Å². The smallest absolute Gasteiger partial charge is 0.161 e. The van der Waals surface area contributed by atoms with Crippen molar-refractivity contribution in [2.45, 2.75) is 6.42 Å². The summed E-state index contributed by atoms with van der Waals surface area (Å²) in [5.41, 5.74) is 8.98. The first-order valence-corrected chi connectivity index (χ1v) is 6.40. The molecule has 0 aliphatic carbocycles. The predicted molar refractivity (Wildman–Crippen MR) is 72.4 cm³/mol. The van der Waals surface area contributed by atoms with Crippen LogP contribution >= 0.6 is 0 Å². The Balaban J connectivity index is 2.02. The molecule has 0 amide bonds. The average molecular weight is 259 g/mol. The Labute approximate surface area is 111 Å². The van der Waals surface area contributed by atoms with E-state index in [-0.39, 0.29) is 0 Å². The van der Waals surface area contributed by atoms with E-state index in [9.17, 15) is 0 Å². The van der Waals surface area contributed by atoms with Gasteiger partial charge in [-0.1, -0.05) is 6.07 Å². The van der Waals surface area contributed by atoms with Gasteiger partial charge in [-0.25, -0.2) is 0 Å². The van der Waals surface area contributed by atoms with Gasteiger partial charge in [-0.05, 0) is 24.2 Å². The third kappa shape index (κ3) is 2.17. The quantitative estimate of drug-likeness (QED) is 0.904. The minimum atomic E-state index is 0.596. The third-order valence-corrected chi connectivity index (χ3v) is 3.30. The van der Waals surface area contributed by atoms with Crippen LogP contribution in [0.15, 0.2) is 24.4 Å². The van der Waals surface area contributed by atoms with Gasteiger partial charge in [0.15, 0.2) is 11.5 Å². The lowest BCUT2D eigenvalue weighted by Crippen LogP contribution is -2.15. The van der Waals surface area contributed by atoms with E-state index in [1.165, 1.54) is 0 Å². The van der Waals surface area contributed by atoms with Crippen molar-refractivity contribution in [3.63, 3.8) is 0 Å². The predicted octanol–water partition coefficient (Wildman–Crippen LogP) is 1.36. The summed E-state index contributed by atoms with van der Waals surface area (Å²) in [5.74, 6) is 1.60. The molecule has 19 heavy (non-hydrogen) atoms. The zero-order valence-corrected chi connectivity index (χ0v) is 10.9. The summed E-state index contributed by atoms with van der Waals surface area (Å²) < 4.78 is 13.0. The van der Waals surface area contributed by atoms with Crippen molar-refractivity contribution in [1.29, 1.82) is 0 Å². The second kappa shape index (κ2) is 4.93. The van der Waals surface area contributed by atoms with Gasteiger partial charge in [-0.15, -0.1) is 0 Å². The molecule has 5 heteroatoms. The van der Waals surface area contributed by atoms with Crippen molar-refractivity contribution in [3.05, 3.63) is 30.1 Å². The fourth-order valence-electron chi connectivity index (χ4n) is 2.35. The number of fused-ring (bicyclic) bond motifs is 1. The molecule has 1 aliphatic rings. The van der Waals surface area contributed by atoms with Gasteiger partial charge < -0.3 is 15.2 Å². The van der Waals surface area contributed by atoms with E-state index in [1.807, 2.05) is 36.1 Å². The van der Waals surface area contributed by atoms with Crippen LogP contribution in [0.5, 0.6) is 11.5 Å². The molecule has 0 radical (unpaired) electrons. The number of aryl methyl sites for hydroxylation is 1. The Kier molecular flexibility index (Phi) is 3.13. The average Bonchev–Trinajstić information content (AvgIpc) is 2.80. The molecule has 0 saturated heterocycles. The maximum Gasteiger partial charge on any atom is 0.161 e. The van der Waals surface area contributed by atoms with Gasteiger partial charge in [0.1, 0.15) is 13.2 Å². The lowest BCUT2D eigenvalue weighted by atomic mass is 10.0. The molecule has 0 bridgehead atoms. The minimum Gasteiger partial charge on any atom is -0.486 e. The van der Waals surface area contributed by atoms with E-state index in [0.29, 0.717) is 19.8 Å². The summed E-state index contributed by atoms with van der Waals surface area (Å²) in [6.07, 6.45) is 2.68. The van der Waals surface area contributed by atoms with Gasteiger partial charge in [-0.2, -0.15) is 5.10 Å². The molecule has 2 N–H and O–H groups in total. The monoisotopic (exact) mass is 259 g/mol. The summed E-state index contributed by atoms with van der Waals surface area (Å²) in [6, 6.07) is 5.99. The molecule has 2 heterocycles. The lowest BCUT2D eigenvalue weighted by Gasteiger charge is -2.19. The van der Waals surface area contributed by atoms with Gasteiger partial charge in [0.25, 0.3) is 0 Å². The van der Waals surface area contributed by atoms with E-state index in [0.717, 1.165) is 34.7 Å². The SMILES string of the molecule is Cn1ncc(-c2ccc3c(c2)OCCO3)c1CCN. The Morgan fingerprint density at radius 1 is 1.26 bits per heavy atom. The fraction of sp³-hybridized carbons (Fsp3) is 0.357. The zero-order chi connectivity index (χ0) is 13.2. The summed E-state index contributed by atoms with van der Waals surface area (Å²) in [5, 5.41) is 4.31. The normalized spacial score (nSPS) is 13.6. The molecule has 0 unspecified atom stereocenters. The van der Waals surface area contributed by atoms with E-state index in [2.05, 4.69) is 5.10 Å². The fourth-order valence-corrected chi connectivity index (χ4v) is 2.35. The van der Waals surface area contributed by atoms with Crippen molar-refractivity contribution >= 4 is 0 Å². The molecule has 1 aromatic heterocycles. The van der Waals surface area contributed by atoms with Crippen molar-refractivity contribution in [3.8, 4) is 22.6 Å². The molecule has 1 aromatic carbocycles.